The molecule has 30 heavy (non-hydrogen) atoms. The van der Waals surface area contributed by atoms with Gasteiger partial charge in [-0.25, -0.2) is 0 Å². The lowest BCUT2D eigenvalue weighted by Crippen LogP contribution is -2.03. The highest BCUT2D eigenvalue weighted by molar-refractivity contribution is 5.53. The van der Waals surface area contributed by atoms with E-state index in [9.17, 15) is 10.5 Å². The number of nitriles is 2. The first-order valence-electron chi connectivity index (χ1n) is 10.3. The van der Waals surface area contributed by atoms with Crippen molar-refractivity contribution in [1.82, 2.24) is 0 Å². The molecule has 0 aliphatic carbocycles. The highest BCUT2D eigenvalue weighted by atomic mass is 14.3. The minimum Gasteiger partial charge on any atom is -0.192 e. The summed E-state index contributed by atoms with van der Waals surface area (Å²) in [4.78, 5) is 0. The smallest absolute Gasteiger partial charge is 0.0997 e. The zero-order valence-electron chi connectivity index (χ0n) is 18.8. The molecular formula is C28H28N2. The summed E-state index contributed by atoms with van der Waals surface area (Å²) in [7, 11) is 0. The van der Waals surface area contributed by atoms with Crippen LogP contribution in [0, 0.1) is 64.2 Å². The number of aryl methyl sites for hydroxylation is 6. The lowest BCUT2D eigenvalue weighted by atomic mass is 9.88. The van der Waals surface area contributed by atoms with E-state index in [4.69, 9.17) is 0 Å². The topological polar surface area (TPSA) is 47.6 Å². The van der Waals surface area contributed by atoms with Crippen molar-refractivity contribution in [3.63, 3.8) is 0 Å². The summed E-state index contributed by atoms with van der Waals surface area (Å²) < 4.78 is 0. The van der Waals surface area contributed by atoms with Gasteiger partial charge < -0.3 is 0 Å². The van der Waals surface area contributed by atoms with Gasteiger partial charge in [0, 0.05) is 0 Å². The summed E-state index contributed by atoms with van der Waals surface area (Å²) in [6.45, 7) is 12.5. The van der Waals surface area contributed by atoms with Crippen LogP contribution in [0.3, 0.4) is 0 Å². The minimum absolute atomic E-state index is 0.657. The molecule has 3 rings (SSSR count). The molecule has 3 aromatic rings. The van der Waals surface area contributed by atoms with E-state index in [1.807, 2.05) is 13.0 Å². The van der Waals surface area contributed by atoms with Crippen molar-refractivity contribution < 1.29 is 0 Å². The maximum atomic E-state index is 10.0. The van der Waals surface area contributed by atoms with E-state index in [0.29, 0.717) is 12.0 Å². The van der Waals surface area contributed by atoms with Gasteiger partial charge in [0.15, 0.2) is 0 Å². The van der Waals surface area contributed by atoms with Gasteiger partial charge in [-0.15, -0.1) is 0 Å². The molecule has 0 saturated carbocycles. The lowest BCUT2D eigenvalue weighted by molar-refractivity contribution is 1.07. The Labute approximate surface area is 180 Å². The van der Waals surface area contributed by atoms with Gasteiger partial charge in [-0.05, 0) is 111 Å². The van der Waals surface area contributed by atoms with Crippen molar-refractivity contribution >= 4 is 0 Å². The second kappa shape index (κ2) is 8.56. The van der Waals surface area contributed by atoms with Crippen molar-refractivity contribution in [2.24, 2.45) is 0 Å². The van der Waals surface area contributed by atoms with Crippen LogP contribution in [0.5, 0.6) is 0 Å². The van der Waals surface area contributed by atoms with Crippen LogP contribution in [-0.4, -0.2) is 0 Å². The standard InChI is InChI=1S/C28H28N2/c1-17-7-25(12-23-11-19(3)18(2)9-20(23)4)28(16-30)26(8-17)13-24-14-27(15-29)22(6)10-21(24)5/h7-11,14H,12-13H2,1-6H3. The Hall–Kier alpha value is -3.36. The molecule has 0 bridgehead atoms. The van der Waals surface area contributed by atoms with Gasteiger partial charge in [0.05, 0.1) is 23.3 Å². The van der Waals surface area contributed by atoms with Gasteiger partial charge in [-0.3, -0.25) is 0 Å². The van der Waals surface area contributed by atoms with Gasteiger partial charge in [0.25, 0.3) is 0 Å². The number of nitrogens with zero attached hydrogens (tertiary/aromatic N) is 2. The van der Waals surface area contributed by atoms with Gasteiger partial charge in [0.1, 0.15) is 0 Å². The van der Waals surface area contributed by atoms with Crippen LogP contribution in [0.4, 0.5) is 0 Å². The van der Waals surface area contributed by atoms with Crippen molar-refractivity contribution in [2.75, 3.05) is 0 Å². The van der Waals surface area contributed by atoms with Gasteiger partial charge >= 0.3 is 0 Å². The molecule has 0 N–H and O–H groups in total. The Morgan fingerprint density at radius 2 is 1.03 bits per heavy atom. The van der Waals surface area contributed by atoms with Crippen LogP contribution in [0.1, 0.15) is 66.8 Å². The third-order valence-electron chi connectivity index (χ3n) is 6.08. The molecule has 0 heterocycles. The quantitative estimate of drug-likeness (QED) is 0.511. The number of hydrogen-bond acceptors (Lipinski definition) is 2. The highest BCUT2D eigenvalue weighted by Gasteiger charge is 2.14. The fourth-order valence-electron chi connectivity index (χ4n) is 4.19. The van der Waals surface area contributed by atoms with Crippen LogP contribution in [0.15, 0.2) is 36.4 Å². The summed E-state index contributed by atoms with van der Waals surface area (Å²) in [5, 5.41) is 19.4. The van der Waals surface area contributed by atoms with Crippen LogP contribution in [0.25, 0.3) is 0 Å². The van der Waals surface area contributed by atoms with E-state index in [0.717, 1.165) is 45.4 Å². The zero-order chi connectivity index (χ0) is 22.0. The van der Waals surface area contributed by atoms with Crippen LogP contribution < -0.4 is 0 Å². The fourth-order valence-corrected chi connectivity index (χ4v) is 4.19. The van der Waals surface area contributed by atoms with E-state index < -0.39 is 0 Å². The van der Waals surface area contributed by atoms with E-state index in [1.54, 1.807) is 0 Å². The molecule has 0 aromatic heterocycles. The molecule has 0 saturated heterocycles. The van der Waals surface area contributed by atoms with Gasteiger partial charge in [-0.2, -0.15) is 10.5 Å². The average Bonchev–Trinajstić information content (AvgIpc) is 2.68. The molecule has 2 heteroatoms. The molecule has 0 unspecified atom stereocenters. The van der Waals surface area contributed by atoms with Crippen LogP contribution in [-0.2, 0) is 12.8 Å². The van der Waals surface area contributed by atoms with Crippen molar-refractivity contribution in [1.29, 1.82) is 10.5 Å². The Morgan fingerprint density at radius 1 is 0.533 bits per heavy atom. The van der Waals surface area contributed by atoms with Crippen LogP contribution in [0.2, 0.25) is 0 Å². The summed E-state index contributed by atoms with van der Waals surface area (Å²) in [6.07, 6.45) is 1.41. The van der Waals surface area contributed by atoms with E-state index in [1.165, 1.54) is 22.3 Å². The molecule has 0 atom stereocenters. The molecule has 0 aliphatic heterocycles. The molecule has 3 aromatic carbocycles. The number of rotatable bonds is 4. The predicted molar refractivity (Wildman–Crippen MR) is 123 cm³/mol. The first-order valence-corrected chi connectivity index (χ1v) is 10.3. The largest absolute Gasteiger partial charge is 0.192 e. The Kier molecular flexibility index (Phi) is 6.09. The van der Waals surface area contributed by atoms with Crippen molar-refractivity contribution in [3.05, 3.63) is 103 Å². The normalized spacial score (nSPS) is 10.5. The van der Waals surface area contributed by atoms with Gasteiger partial charge in [0.2, 0.25) is 0 Å². The molecule has 0 spiro atoms. The Morgan fingerprint density at radius 3 is 1.57 bits per heavy atom. The molecular weight excluding hydrogens is 364 g/mol. The number of hydrogen-bond donors (Lipinski definition) is 0. The summed E-state index contributed by atoms with van der Waals surface area (Å²) in [5.41, 5.74) is 13.1. The maximum Gasteiger partial charge on any atom is 0.0997 e. The SMILES string of the molecule is Cc1cc(Cc2cc(C)c(C)cc2C)c(C#N)c(Cc2cc(C#N)c(C)cc2C)c1. The predicted octanol–water partition coefficient (Wildman–Crippen LogP) is 6.46. The molecule has 150 valence electrons. The first-order chi connectivity index (χ1) is 14.2. The summed E-state index contributed by atoms with van der Waals surface area (Å²) in [5.74, 6) is 0. The lowest BCUT2D eigenvalue weighted by Gasteiger charge is -2.16. The third kappa shape index (κ3) is 4.29. The number of benzene rings is 3. The maximum absolute atomic E-state index is 10.0. The molecule has 0 aliphatic rings. The summed E-state index contributed by atoms with van der Waals surface area (Å²) >= 11 is 0. The molecule has 0 fully saturated rings. The van der Waals surface area contributed by atoms with Crippen molar-refractivity contribution in [3.8, 4) is 12.1 Å². The Bertz CT molecular complexity index is 1220. The zero-order valence-corrected chi connectivity index (χ0v) is 18.8. The molecule has 2 nitrogen and oxygen atoms in total. The van der Waals surface area contributed by atoms with Crippen molar-refractivity contribution in [2.45, 2.75) is 54.4 Å². The van der Waals surface area contributed by atoms with Crippen LogP contribution >= 0.6 is 0 Å². The highest BCUT2D eigenvalue weighted by Crippen LogP contribution is 2.27. The third-order valence-corrected chi connectivity index (χ3v) is 6.08. The molecule has 0 amide bonds. The second-order valence-electron chi connectivity index (χ2n) is 8.49. The minimum atomic E-state index is 0.657. The average molecular weight is 393 g/mol. The molecule has 0 radical (unpaired) electrons. The fraction of sp³-hybridized carbons (Fsp3) is 0.286. The monoisotopic (exact) mass is 392 g/mol. The van der Waals surface area contributed by atoms with Gasteiger partial charge in [-0.1, -0.05) is 35.9 Å². The Balaban J connectivity index is 2.07. The summed E-state index contributed by atoms with van der Waals surface area (Å²) in [6, 6.07) is 17.5. The van der Waals surface area contributed by atoms with E-state index in [2.05, 4.69) is 77.1 Å². The second-order valence-corrected chi connectivity index (χ2v) is 8.49. The van der Waals surface area contributed by atoms with E-state index >= 15 is 0 Å². The first kappa shape index (κ1) is 21.4. The van der Waals surface area contributed by atoms with E-state index in [-0.39, 0.29) is 0 Å².